The zero-order valence-electron chi connectivity index (χ0n) is 20.0. The Morgan fingerprint density at radius 3 is 2.58 bits per heavy atom. The van der Waals surface area contributed by atoms with Crippen molar-refractivity contribution in [3.05, 3.63) is 112 Å². The first-order chi connectivity index (χ1) is 18.4. The van der Waals surface area contributed by atoms with Crippen molar-refractivity contribution in [2.75, 3.05) is 15.7 Å². The van der Waals surface area contributed by atoms with Crippen LogP contribution in [-0.4, -0.2) is 30.8 Å². The van der Waals surface area contributed by atoms with Crippen LogP contribution in [0.2, 0.25) is 0 Å². The maximum absolute atomic E-state index is 13.8. The first-order valence-electron chi connectivity index (χ1n) is 11.9. The van der Waals surface area contributed by atoms with E-state index in [0.29, 0.717) is 35.0 Å². The number of fused-ring (bicyclic) bond motifs is 2. The van der Waals surface area contributed by atoms with Crippen LogP contribution in [0.5, 0.6) is 0 Å². The van der Waals surface area contributed by atoms with Crippen molar-refractivity contribution in [1.29, 1.82) is 0 Å². The number of aromatic nitrogens is 2. The number of carbonyl (C=O) groups is 1. The van der Waals surface area contributed by atoms with Gasteiger partial charge in [-0.1, -0.05) is 51.5 Å². The molecule has 10 heteroatoms. The van der Waals surface area contributed by atoms with Crippen molar-refractivity contribution >= 4 is 64.2 Å². The van der Waals surface area contributed by atoms with Crippen LogP contribution in [0.3, 0.4) is 0 Å². The van der Waals surface area contributed by atoms with E-state index in [1.165, 1.54) is 27.8 Å². The number of nitrogens with zero attached hydrogens (tertiary/aromatic N) is 4. The third kappa shape index (κ3) is 4.59. The number of amides is 1. The summed E-state index contributed by atoms with van der Waals surface area (Å²) in [7, 11) is -3.75. The second-order valence-corrected chi connectivity index (χ2v) is 12.6. The summed E-state index contributed by atoms with van der Waals surface area (Å²) in [6, 6.07) is 25.0. The van der Waals surface area contributed by atoms with Gasteiger partial charge in [0.15, 0.2) is 5.13 Å². The van der Waals surface area contributed by atoms with Gasteiger partial charge in [0.05, 0.1) is 33.0 Å². The summed E-state index contributed by atoms with van der Waals surface area (Å²) in [6.07, 6.45) is 2.36. The van der Waals surface area contributed by atoms with Crippen LogP contribution in [-0.2, 0) is 23.0 Å². The highest BCUT2D eigenvalue weighted by molar-refractivity contribution is 9.10. The molecule has 3 aromatic carbocycles. The summed E-state index contributed by atoms with van der Waals surface area (Å²) in [4.78, 5) is 24.6. The minimum Gasteiger partial charge on any atom is -0.278 e. The third-order valence-corrected chi connectivity index (χ3v) is 9.76. The second-order valence-electron chi connectivity index (χ2n) is 8.80. The van der Waals surface area contributed by atoms with Crippen LogP contribution in [0.4, 0.5) is 10.8 Å². The van der Waals surface area contributed by atoms with E-state index in [2.05, 4.69) is 20.9 Å². The number of benzene rings is 3. The molecule has 0 bridgehead atoms. The Labute approximate surface area is 232 Å². The Kier molecular flexibility index (Phi) is 6.46. The Balaban J connectivity index is 1.32. The van der Waals surface area contributed by atoms with Crippen LogP contribution in [0.25, 0.3) is 10.2 Å². The predicted octanol–water partition coefficient (Wildman–Crippen LogP) is 6.05. The van der Waals surface area contributed by atoms with E-state index in [4.69, 9.17) is 4.98 Å². The highest BCUT2D eigenvalue weighted by Crippen LogP contribution is 2.34. The highest BCUT2D eigenvalue weighted by Gasteiger charge is 2.31. The molecule has 2 aromatic heterocycles. The van der Waals surface area contributed by atoms with Gasteiger partial charge in [-0.05, 0) is 72.6 Å². The Morgan fingerprint density at radius 1 is 1.00 bits per heavy atom. The zero-order chi connectivity index (χ0) is 26.3. The molecule has 7 nitrogen and oxygen atoms in total. The predicted molar refractivity (Wildman–Crippen MR) is 153 cm³/mol. The van der Waals surface area contributed by atoms with Gasteiger partial charge in [-0.2, -0.15) is 0 Å². The maximum atomic E-state index is 13.8. The summed E-state index contributed by atoms with van der Waals surface area (Å²) < 4.78 is 30.1. The number of halogens is 1. The summed E-state index contributed by atoms with van der Waals surface area (Å²) in [5, 5.41) is 0.541. The lowest BCUT2D eigenvalue weighted by atomic mass is 10.2. The van der Waals surface area contributed by atoms with Crippen molar-refractivity contribution in [1.82, 2.24) is 9.97 Å². The van der Waals surface area contributed by atoms with E-state index >= 15 is 0 Å². The fourth-order valence-electron chi connectivity index (χ4n) is 4.49. The Hall–Kier alpha value is -3.60. The van der Waals surface area contributed by atoms with E-state index in [9.17, 15) is 13.2 Å². The molecule has 190 valence electrons. The molecule has 0 aliphatic carbocycles. The number of rotatable bonds is 6. The number of thiazole rings is 1. The molecule has 6 rings (SSSR count). The van der Waals surface area contributed by atoms with Crippen LogP contribution in [0, 0.1) is 0 Å². The van der Waals surface area contributed by atoms with Gasteiger partial charge in [0.25, 0.3) is 15.9 Å². The molecule has 0 fully saturated rings. The lowest BCUT2D eigenvalue weighted by molar-refractivity contribution is 0.0984. The number of carbonyl (C=O) groups excluding carboxylic acids is 1. The lowest BCUT2D eigenvalue weighted by Crippen LogP contribution is -2.31. The van der Waals surface area contributed by atoms with Crippen LogP contribution < -0.4 is 9.21 Å². The van der Waals surface area contributed by atoms with E-state index in [0.717, 1.165) is 20.3 Å². The summed E-state index contributed by atoms with van der Waals surface area (Å²) in [5.74, 6) is -0.288. The van der Waals surface area contributed by atoms with Crippen molar-refractivity contribution < 1.29 is 13.2 Å². The molecule has 5 aromatic rings. The summed E-state index contributed by atoms with van der Waals surface area (Å²) in [6.45, 7) is 0.624. The highest BCUT2D eigenvalue weighted by atomic mass is 79.9. The van der Waals surface area contributed by atoms with Gasteiger partial charge >= 0.3 is 0 Å². The summed E-state index contributed by atoms with van der Waals surface area (Å²) >= 11 is 4.90. The molecule has 38 heavy (non-hydrogen) atoms. The quantitative estimate of drug-likeness (QED) is 0.235. The number of hydrogen-bond donors (Lipinski definition) is 0. The molecule has 0 radical (unpaired) electrons. The normalized spacial score (nSPS) is 13.0. The minimum absolute atomic E-state index is 0.145. The third-order valence-electron chi connectivity index (χ3n) is 6.40. The molecule has 0 saturated carbocycles. The van der Waals surface area contributed by atoms with Crippen LogP contribution >= 0.6 is 27.3 Å². The monoisotopic (exact) mass is 604 g/mol. The van der Waals surface area contributed by atoms with Gasteiger partial charge < -0.3 is 0 Å². The van der Waals surface area contributed by atoms with E-state index < -0.39 is 10.0 Å². The maximum Gasteiger partial charge on any atom is 0.264 e. The van der Waals surface area contributed by atoms with Crippen LogP contribution in [0.15, 0.2) is 100 Å². The smallest absolute Gasteiger partial charge is 0.264 e. The second kappa shape index (κ2) is 9.94. The molecule has 1 amide bonds. The molecule has 0 atom stereocenters. The molecule has 0 spiro atoms. The lowest BCUT2D eigenvalue weighted by Gasteiger charge is -2.21. The molecule has 1 aliphatic rings. The average Bonchev–Trinajstić information content (AvgIpc) is 3.56. The molecule has 0 saturated heterocycles. The fourth-order valence-corrected chi connectivity index (χ4v) is 7.51. The Morgan fingerprint density at radius 2 is 1.79 bits per heavy atom. The Bertz CT molecular complexity index is 1760. The molecule has 0 N–H and O–H groups in total. The van der Waals surface area contributed by atoms with Gasteiger partial charge in [0, 0.05) is 22.8 Å². The number of pyridine rings is 1. The van der Waals surface area contributed by atoms with E-state index in [1.807, 2.05) is 60.7 Å². The number of para-hydroxylation sites is 1. The average molecular weight is 606 g/mol. The van der Waals surface area contributed by atoms with Crippen molar-refractivity contribution in [3.8, 4) is 0 Å². The summed E-state index contributed by atoms with van der Waals surface area (Å²) in [5.41, 5.74) is 3.59. The topological polar surface area (TPSA) is 83.5 Å². The van der Waals surface area contributed by atoms with Crippen molar-refractivity contribution in [3.63, 3.8) is 0 Å². The molecular formula is C28H21BrN4O3S2. The van der Waals surface area contributed by atoms with Crippen molar-refractivity contribution in [2.45, 2.75) is 17.9 Å². The minimum atomic E-state index is -3.75. The number of anilines is 2. The largest absolute Gasteiger partial charge is 0.278 e. The van der Waals surface area contributed by atoms with Gasteiger partial charge in [-0.25, -0.2) is 13.4 Å². The van der Waals surface area contributed by atoms with Gasteiger partial charge in [0.1, 0.15) is 0 Å². The SMILES string of the molecule is O=C(c1ccc(S(=O)(=O)N2CCc3ccccc32)cc1)N(Cc1ccccn1)c1nc2ccc(Br)cc2s1. The molecule has 1 aliphatic heterocycles. The molecular weight excluding hydrogens is 584 g/mol. The first kappa shape index (κ1) is 24.7. The van der Waals surface area contributed by atoms with Crippen LogP contribution in [0.1, 0.15) is 21.6 Å². The van der Waals surface area contributed by atoms with Crippen molar-refractivity contribution in [2.24, 2.45) is 0 Å². The first-order valence-corrected chi connectivity index (χ1v) is 14.9. The van der Waals surface area contributed by atoms with Gasteiger partial charge in [-0.15, -0.1) is 0 Å². The van der Waals surface area contributed by atoms with Gasteiger partial charge in [0.2, 0.25) is 0 Å². The number of hydrogen-bond acceptors (Lipinski definition) is 6. The van der Waals surface area contributed by atoms with E-state index in [1.54, 1.807) is 23.2 Å². The molecule has 3 heterocycles. The van der Waals surface area contributed by atoms with E-state index in [-0.39, 0.29) is 17.3 Å². The fraction of sp³-hybridized carbons (Fsp3) is 0.107. The standard InChI is InChI=1S/C28H21BrN4O3S2/c29-21-10-13-24-26(17-21)37-28(31-24)32(18-22-6-3-4-15-30-22)27(34)20-8-11-23(12-9-20)38(35,36)33-16-14-19-5-1-2-7-25(19)33/h1-13,15,17H,14,16,18H2. The number of sulfonamides is 1. The zero-order valence-corrected chi connectivity index (χ0v) is 23.2. The van der Waals surface area contributed by atoms with Gasteiger partial charge in [-0.3, -0.25) is 19.0 Å². The molecule has 0 unspecified atom stereocenters.